The number of halogens is 1. The van der Waals surface area contributed by atoms with Crippen LogP contribution in [0.15, 0.2) is 66.7 Å². The first-order chi connectivity index (χ1) is 16.6. The van der Waals surface area contributed by atoms with E-state index in [0.717, 1.165) is 59.3 Å². The van der Waals surface area contributed by atoms with Gasteiger partial charge in [0, 0.05) is 24.0 Å². The van der Waals surface area contributed by atoms with Crippen molar-refractivity contribution in [1.29, 1.82) is 0 Å². The minimum atomic E-state index is -0.257. The maximum atomic E-state index is 14.2. The van der Waals surface area contributed by atoms with Gasteiger partial charge >= 0.3 is 0 Å². The van der Waals surface area contributed by atoms with Gasteiger partial charge in [-0.15, -0.1) is 0 Å². The fraction of sp³-hybridized carbons (Fsp3) is 0.300. The summed E-state index contributed by atoms with van der Waals surface area (Å²) in [6.07, 6.45) is 3.76. The molecule has 2 fully saturated rings. The predicted molar refractivity (Wildman–Crippen MR) is 137 cm³/mol. The molecular weight excluding hydrogens is 423 g/mol. The molecule has 0 spiro atoms. The number of anilines is 1. The topological polar surface area (TPSA) is 36.4 Å². The van der Waals surface area contributed by atoms with Crippen LogP contribution in [0.2, 0.25) is 0 Å². The van der Waals surface area contributed by atoms with E-state index in [1.54, 1.807) is 12.1 Å². The van der Waals surface area contributed by atoms with Gasteiger partial charge in [-0.05, 0) is 79.0 Å². The van der Waals surface area contributed by atoms with Crippen LogP contribution in [0.3, 0.4) is 0 Å². The molecule has 4 aromatic rings. The monoisotopic (exact) mass is 452 g/mol. The van der Waals surface area contributed by atoms with Gasteiger partial charge in [-0.1, -0.05) is 48.5 Å². The lowest BCUT2D eigenvalue weighted by molar-refractivity contribution is 0.145. The van der Waals surface area contributed by atoms with Crippen LogP contribution >= 0.6 is 0 Å². The van der Waals surface area contributed by atoms with E-state index in [1.165, 1.54) is 35.6 Å². The van der Waals surface area contributed by atoms with Gasteiger partial charge in [0.05, 0.1) is 23.0 Å². The molecule has 1 aliphatic carbocycles. The quantitative estimate of drug-likeness (QED) is 0.368. The second kappa shape index (κ2) is 8.52. The molecule has 1 saturated carbocycles. The second-order valence-corrected chi connectivity index (χ2v) is 9.75. The van der Waals surface area contributed by atoms with E-state index < -0.39 is 0 Å². The minimum absolute atomic E-state index is 0.251. The van der Waals surface area contributed by atoms with Gasteiger partial charge in [0.2, 0.25) is 0 Å². The molecule has 2 heterocycles. The van der Waals surface area contributed by atoms with E-state index in [2.05, 4.69) is 60.4 Å². The molecule has 0 unspecified atom stereocenters. The van der Waals surface area contributed by atoms with Gasteiger partial charge in [0.1, 0.15) is 5.82 Å². The van der Waals surface area contributed by atoms with Gasteiger partial charge in [-0.25, -0.2) is 9.37 Å². The van der Waals surface area contributed by atoms with E-state index >= 15 is 0 Å². The zero-order chi connectivity index (χ0) is 23.2. The Balaban J connectivity index is 1.44. The van der Waals surface area contributed by atoms with Crippen LogP contribution in [0.4, 0.5) is 10.1 Å². The van der Waals surface area contributed by atoms with E-state index in [-0.39, 0.29) is 11.9 Å². The smallest absolute Gasteiger partial charge is 0.124 e. The lowest BCUT2D eigenvalue weighted by atomic mass is 9.94. The molecule has 1 saturated heterocycles. The summed E-state index contributed by atoms with van der Waals surface area (Å²) in [5.41, 5.74) is 8.89. The number of fused-ring (bicyclic) bond motifs is 1. The van der Waals surface area contributed by atoms with Crippen molar-refractivity contribution in [3.8, 4) is 22.4 Å². The average molecular weight is 453 g/mol. The molecule has 3 nitrogen and oxygen atoms in total. The van der Waals surface area contributed by atoms with Gasteiger partial charge in [-0.3, -0.25) is 0 Å². The van der Waals surface area contributed by atoms with Crippen molar-refractivity contribution in [3.63, 3.8) is 0 Å². The van der Waals surface area contributed by atoms with E-state index in [9.17, 15) is 9.50 Å². The number of pyridine rings is 1. The van der Waals surface area contributed by atoms with Crippen molar-refractivity contribution in [2.45, 2.75) is 44.6 Å². The number of nitrogens with zero attached hydrogens (tertiary/aromatic N) is 2. The lowest BCUT2D eigenvalue weighted by Crippen LogP contribution is -2.36. The fourth-order valence-corrected chi connectivity index (χ4v) is 5.41. The van der Waals surface area contributed by atoms with E-state index in [1.807, 2.05) is 0 Å². The molecule has 0 bridgehead atoms. The minimum Gasteiger partial charge on any atom is -0.393 e. The average Bonchev–Trinajstić information content (AvgIpc) is 3.70. The van der Waals surface area contributed by atoms with Crippen molar-refractivity contribution >= 4 is 16.6 Å². The highest BCUT2D eigenvalue weighted by molar-refractivity contribution is 5.97. The molecular formula is C30H29FN2O. The van der Waals surface area contributed by atoms with Crippen molar-refractivity contribution in [1.82, 2.24) is 4.98 Å². The third kappa shape index (κ3) is 3.86. The van der Waals surface area contributed by atoms with E-state index in [4.69, 9.17) is 4.98 Å². The maximum Gasteiger partial charge on any atom is 0.124 e. The normalized spacial score (nSPS) is 16.9. The SMILES string of the molecule is Cc1c(-c2ccc(-c3ccccc3C3CC3)cc2)nc2ccc(F)cc2c1N1CCC(O)CC1. The molecule has 1 aliphatic heterocycles. The van der Waals surface area contributed by atoms with Gasteiger partial charge in [-0.2, -0.15) is 0 Å². The third-order valence-electron chi connectivity index (χ3n) is 7.38. The number of rotatable bonds is 4. The van der Waals surface area contributed by atoms with Crippen LogP contribution in [-0.4, -0.2) is 29.3 Å². The molecule has 0 atom stereocenters. The van der Waals surface area contributed by atoms with Crippen LogP contribution in [0.5, 0.6) is 0 Å². The van der Waals surface area contributed by atoms with Crippen molar-refractivity contribution in [2.75, 3.05) is 18.0 Å². The molecule has 6 rings (SSSR count). The Kier molecular flexibility index (Phi) is 5.34. The fourth-order valence-electron chi connectivity index (χ4n) is 5.41. The summed E-state index contributed by atoms with van der Waals surface area (Å²) in [5, 5.41) is 10.9. The Bertz CT molecular complexity index is 1350. The molecule has 3 aromatic carbocycles. The number of hydrogen-bond donors (Lipinski definition) is 1. The van der Waals surface area contributed by atoms with Crippen LogP contribution in [0.25, 0.3) is 33.3 Å². The second-order valence-electron chi connectivity index (χ2n) is 9.75. The summed E-state index contributed by atoms with van der Waals surface area (Å²) in [7, 11) is 0. The number of benzene rings is 3. The molecule has 2 aliphatic rings. The first kappa shape index (κ1) is 21.3. The first-order valence-electron chi connectivity index (χ1n) is 12.3. The lowest BCUT2D eigenvalue weighted by Gasteiger charge is -2.34. The highest BCUT2D eigenvalue weighted by atomic mass is 19.1. The Morgan fingerprint density at radius 1 is 0.882 bits per heavy atom. The van der Waals surface area contributed by atoms with Gasteiger partial charge in [0.15, 0.2) is 0 Å². The summed E-state index contributed by atoms with van der Waals surface area (Å²) in [4.78, 5) is 7.26. The largest absolute Gasteiger partial charge is 0.393 e. The molecule has 0 radical (unpaired) electrons. The Morgan fingerprint density at radius 3 is 2.32 bits per heavy atom. The Labute approximate surface area is 199 Å². The molecule has 172 valence electrons. The van der Waals surface area contributed by atoms with E-state index in [0.29, 0.717) is 5.92 Å². The summed E-state index contributed by atoms with van der Waals surface area (Å²) < 4.78 is 14.2. The molecule has 1 N–H and O–H groups in total. The number of aliphatic hydroxyl groups excluding tert-OH is 1. The predicted octanol–water partition coefficient (Wildman–Crippen LogP) is 6.85. The van der Waals surface area contributed by atoms with Crippen molar-refractivity contribution in [3.05, 3.63) is 83.7 Å². The molecule has 4 heteroatoms. The Hall–Kier alpha value is -3.24. The highest BCUT2D eigenvalue weighted by Crippen LogP contribution is 2.44. The molecule has 0 amide bonds. The number of piperidine rings is 1. The number of aliphatic hydroxyl groups is 1. The Morgan fingerprint density at radius 2 is 1.59 bits per heavy atom. The first-order valence-corrected chi connectivity index (χ1v) is 12.3. The summed E-state index contributed by atoms with van der Waals surface area (Å²) in [6, 6.07) is 22.3. The summed E-state index contributed by atoms with van der Waals surface area (Å²) in [5.74, 6) is 0.449. The van der Waals surface area contributed by atoms with Crippen LogP contribution in [0.1, 0.15) is 42.7 Å². The van der Waals surface area contributed by atoms with Crippen LogP contribution < -0.4 is 4.90 Å². The molecule has 34 heavy (non-hydrogen) atoms. The van der Waals surface area contributed by atoms with Crippen molar-refractivity contribution in [2.24, 2.45) is 0 Å². The van der Waals surface area contributed by atoms with Gasteiger partial charge < -0.3 is 10.0 Å². The number of aromatic nitrogens is 1. The highest BCUT2D eigenvalue weighted by Gasteiger charge is 2.26. The zero-order valence-electron chi connectivity index (χ0n) is 19.5. The van der Waals surface area contributed by atoms with Gasteiger partial charge in [0.25, 0.3) is 0 Å². The number of hydrogen-bond acceptors (Lipinski definition) is 3. The van der Waals surface area contributed by atoms with Crippen LogP contribution in [-0.2, 0) is 0 Å². The zero-order valence-corrected chi connectivity index (χ0v) is 19.5. The van der Waals surface area contributed by atoms with Crippen molar-refractivity contribution < 1.29 is 9.50 Å². The summed E-state index contributed by atoms with van der Waals surface area (Å²) in [6.45, 7) is 3.60. The summed E-state index contributed by atoms with van der Waals surface area (Å²) >= 11 is 0. The molecule has 1 aromatic heterocycles. The standard InChI is InChI=1S/C30H29FN2O/c1-19-29(22-10-8-21(9-11-22)26-5-3-2-4-25(26)20-6-7-20)32-28-13-12-23(31)18-27(28)30(19)33-16-14-24(34)15-17-33/h2-5,8-13,18,20,24,34H,6-7,14-17H2,1H3. The maximum absolute atomic E-state index is 14.2. The van der Waals surface area contributed by atoms with Crippen LogP contribution in [0, 0.1) is 12.7 Å². The third-order valence-corrected chi connectivity index (χ3v) is 7.38.